The van der Waals surface area contributed by atoms with Crippen molar-refractivity contribution in [3.8, 4) is 22.3 Å². The van der Waals surface area contributed by atoms with Crippen molar-refractivity contribution in [3.63, 3.8) is 0 Å². The predicted octanol–water partition coefficient (Wildman–Crippen LogP) is 17.9. The second-order valence-corrected chi connectivity index (χ2v) is 15.6. The van der Waals surface area contributed by atoms with Crippen LogP contribution in [0.25, 0.3) is 39.0 Å². The molecule has 2 aliphatic rings. The zero-order chi connectivity index (χ0) is 45.4. The molecule has 0 heterocycles. The van der Waals surface area contributed by atoms with Crippen LogP contribution in [0.1, 0.15) is 112 Å². The van der Waals surface area contributed by atoms with Crippen LogP contribution in [0.2, 0.25) is 0 Å². The van der Waals surface area contributed by atoms with Crippen molar-refractivity contribution >= 4 is 22.4 Å². The van der Waals surface area contributed by atoms with Gasteiger partial charge in [0.1, 0.15) is 0 Å². The maximum atomic E-state index is 7.98. The second-order valence-electron chi connectivity index (χ2n) is 15.6. The highest BCUT2D eigenvalue weighted by atomic mass is 14.4. The van der Waals surface area contributed by atoms with E-state index in [2.05, 4.69) is 188 Å². The van der Waals surface area contributed by atoms with Crippen LogP contribution in [-0.4, -0.2) is 5.71 Å². The fraction of sp³-hybridized carbons (Fsp3) is 0.230. The zero-order valence-electron chi connectivity index (χ0n) is 39.0. The molecule has 0 saturated heterocycles. The summed E-state index contributed by atoms with van der Waals surface area (Å²) in [5, 5.41) is 7.98. The normalized spacial score (nSPS) is 13.4. The number of hydrogen-bond donors (Lipinski definition) is 1. The van der Waals surface area contributed by atoms with Gasteiger partial charge in [-0.25, -0.2) is 0 Å². The second kappa shape index (κ2) is 26.8. The van der Waals surface area contributed by atoms with E-state index in [1.165, 1.54) is 86.0 Å². The molecule has 0 bridgehead atoms. The minimum absolute atomic E-state index is 0.615. The summed E-state index contributed by atoms with van der Waals surface area (Å²) >= 11 is 0. The van der Waals surface area contributed by atoms with E-state index in [1.807, 2.05) is 45.9 Å². The van der Waals surface area contributed by atoms with Gasteiger partial charge in [-0.2, -0.15) is 0 Å². The summed E-state index contributed by atoms with van der Waals surface area (Å²) in [4.78, 5) is 0. The average molecular weight is 818 g/mol. The number of allylic oxidation sites excluding steroid dienone is 12. The SMILES string of the molecule is C/C=C\C(=C/C(C)CCCC)c1ccc(C)cc1.C=C(C)c1ccccc1.C=C1/C=C\C=C/Cc2cccc(-c3cccc4c3-c3ccc(C(C)=N)cc3C4)c21.C=CC=C.CC. The lowest BCUT2D eigenvalue weighted by atomic mass is 9.85. The number of unbranched alkanes of at least 4 members (excludes halogenated alkanes) is 1. The molecule has 62 heavy (non-hydrogen) atoms. The van der Waals surface area contributed by atoms with Crippen molar-refractivity contribution < 1.29 is 0 Å². The molecule has 5 aromatic rings. The Morgan fingerprint density at radius 3 is 1.94 bits per heavy atom. The Bertz CT molecular complexity index is 2370. The highest BCUT2D eigenvalue weighted by Crippen LogP contribution is 2.45. The number of benzene rings is 5. The molecule has 1 heteroatoms. The van der Waals surface area contributed by atoms with Gasteiger partial charge in [0.2, 0.25) is 0 Å². The van der Waals surface area contributed by atoms with Crippen LogP contribution in [0.15, 0.2) is 190 Å². The smallest absolute Gasteiger partial charge is 0.0355 e. The summed E-state index contributed by atoms with van der Waals surface area (Å²) in [5.41, 5.74) is 19.4. The number of nitrogens with one attached hydrogen (secondary N) is 1. The van der Waals surface area contributed by atoms with E-state index >= 15 is 0 Å². The van der Waals surface area contributed by atoms with E-state index in [0.29, 0.717) is 11.6 Å². The van der Waals surface area contributed by atoms with Crippen LogP contribution in [0.3, 0.4) is 0 Å². The van der Waals surface area contributed by atoms with Crippen LogP contribution in [0, 0.1) is 18.3 Å². The predicted molar refractivity (Wildman–Crippen MR) is 279 cm³/mol. The average Bonchev–Trinajstić information content (AvgIpc) is 3.67. The van der Waals surface area contributed by atoms with Crippen LogP contribution in [0.5, 0.6) is 0 Å². The molecule has 0 spiro atoms. The summed E-state index contributed by atoms with van der Waals surface area (Å²) in [6, 6.07) is 38.7. The van der Waals surface area contributed by atoms with Gasteiger partial charge in [-0.3, -0.25) is 0 Å². The molecule has 1 N–H and O–H groups in total. The largest absolute Gasteiger partial charge is 0.305 e. The van der Waals surface area contributed by atoms with E-state index in [9.17, 15) is 0 Å². The fourth-order valence-corrected chi connectivity index (χ4v) is 7.43. The molecule has 2 aliphatic carbocycles. The highest BCUT2D eigenvalue weighted by Gasteiger charge is 2.24. The Balaban J connectivity index is 0.000000264. The molecule has 5 aromatic carbocycles. The molecule has 0 aliphatic heterocycles. The molecular weight excluding hydrogens is 747 g/mol. The summed E-state index contributed by atoms with van der Waals surface area (Å²) in [6.45, 7) is 31.6. The highest BCUT2D eigenvalue weighted by molar-refractivity contribution is 6.00. The van der Waals surface area contributed by atoms with Gasteiger partial charge in [0, 0.05) is 5.71 Å². The number of aryl methyl sites for hydroxylation is 1. The van der Waals surface area contributed by atoms with E-state index in [1.54, 1.807) is 12.2 Å². The molecule has 7 rings (SSSR count). The van der Waals surface area contributed by atoms with Gasteiger partial charge in [0.15, 0.2) is 0 Å². The zero-order valence-corrected chi connectivity index (χ0v) is 39.0. The molecule has 0 radical (unpaired) electrons. The van der Waals surface area contributed by atoms with Crippen molar-refractivity contribution in [2.45, 2.75) is 87.5 Å². The molecular formula is C61H71N. The standard InChI is InChI=1S/C28H23N.C18H26.C9H10.C4H6.C2H6/c1-18-8-4-3-5-9-20-10-6-12-25(27(18)20)26-13-7-11-22-17-23-16-21(19(2)29)14-15-24(23)28(22)26;1-5-7-9-16(4)14-18(8-6-2)17-12-10-15(3)11-13-17;1-8(2)9-6-4-3-5-7-9;1-3-4-2;1-2/h3-8,10-16,29H,1,9,17H2,2H3;6,8,10-14,16H,5,7,9H2,1-4H3;3-7H,1H2,2H3;3-4H,1-2H2;1-2H3/b5-3-,8-4-,29-19?;8-6-,18-14+;;;. The Kier molecular flexibility index (Phi) is 21.6. The number of rotatable bonds is 10. The van der Waals surface area contributed by atoms with Crippen molar-refractivity contribution in [2.24, 2.45) is 5.92 Å². The first-order valence-corrected chi connectivity index (χ1v) is 22.3. The minimum atomic E-state index is 0.615. The van der Waals surface area contributed by atoms with Gasteiger partial charge < -0.3 is 5.41 Å². The third kappa shape index (κ3) is 14.7. The monoisotopic (exact) mass is 818 g/mol. The lowest BCUT2D eigenvalue weighted by Gasteiger charge is -2.18. The Labute approximate surface area is 376 Å². The molecule has 0 aromatic heterocycles. The van der Waals surface area contributed by atoms with Crippen LogP contribution in [-0.2, 0) is 12.8 Å². The van der Waals surface area contributed by atoms with Crippen molar-refractivity contribution in [1.82, 2.24) is 0 Å². The first kappa shape index (κ1) is 50.0. The van der Waals surface area contributed by atoms with Gasteiger partial charge in [-0.15, -0.1) is 0 Å². The molecule has 320 valence electrons. The summed E-state index contributed by atoms with van der Waals surface area (Å²) < 4.78 is 0. The summed E-state index contributed by atoms with van der Waals surface area (Å²) in [7, 11) is 0. The van der Waals surface area contributed by atoms with E-state index in [4.69, 9.17) is 5.41 Å². The van der Waals surface area contributed by atoms with Crippen molar-refractivity contribution in [3.05, 3.63) is 235 Å². The van der Waals surface area contributed by atoms with Gasteiger partial charge in [0.25, 0.3) is 0 Å². The van der Waals surface area contributed by atoms with E-state index in [-0.39, 0.29) is 0 Å². The molecule has 1 atom stereocenters. The third-order valence-electron chi connectivity index (χ3n) is 10.6. The van der Waals surface area contributed by atoms with Gasteiger partial charge in [-0.05, 0) is 131 Å². The quantitative estimate of drug-likeness (QED) is 0.105. The Morgan fingerprint density at radius 2 is 1.35 bits per heavy atom. The first-order valence-electron chi connectivity index (χ1n) is 22.3. The van der Waals surface area contributed by atoms with Crippen molar-refractivity contribution in [1.29, 1.82) is 5.41 Å². The van der Waals surface area contributed by atoms with Crippen LogP contribution < -0.4 is 0 Å². The maximum absolute atomic E-state index is 7.98. The Hall–Kier alpha value is -6.31. The third-order valence-corrected chi connectivity index (χ3v) is 10.6. The fourth-order valence-electron chi connectivity index (χ4n) is 7.43. The molecule has 0 saturated carbocycles. The number of fused-ring (bicyclic) bond motifs is 4. The van der Waals surface area contributed by atoms with E-state index in [0.717, 1.165) is 29.6 Å². The van der Waals surface area contributed by atoms with Gasteiger partial charge >= 0.3 is 0 Å². The van der Waals surface area contributed by atoms with Crippen molar-refractivity contribution in [2.75, 3.05) is 0 Å². The first-order chi connectivity index (χ1) is 30.0. The van der Waals surface area contributed by atoms with Gasteiger partial charge in [0.05, 0.1) is 0 Å². The molecule has 1 nitrogen and oxygen atoms in total. The molecule has 0 fully saturated rings. The van der Waals surface area contributed by atoms with E-state index < -0.39 is 0 Å². The molecule has 1 unspecified atom stereocenters. The Morgan fingerprint density at radius 1 is 0.726 bits per heavy atom. The maximum Gasteiger partial charge on any atom is 0.0355 e. The summed E-state index contributed by atoms with van der Waals surface area (Å²) in [5.74, 6) is 0.650. The van der Waals surface area contributed by atoms with Gasteiger partial charge in [-0.1, -0.05) is 236 Å². The van der Waals surface area contributed by atoms with Crippen LogP contribution >= 0.6 is 0 Å². The minimum Gasteiger partial charge on any atom is -0.305 e. The lowest BCUT2D eigenvalue weighted by molar-refractivity contribution is 0.599. The topological polar surface area (TPSA) is 23.9 Å². The van der Waals surface area contributed by atoms with Crippen LogP contribution in [0.4, 0.5) is 0 Å². The lowest BCUT2D eigenvalue weighted by Crippen LogP contribution is -1.98. The number of hydrogen-bond acceptors (Lipinski definition) is 1. The molecule has 0 amide bonds. The summed E-state index contributed by atoms with van der Waals surface area (Å²) in [6.07, 6.45) is 24.2.